The Labute approximate surface area is 181 Å². The predicted molar refractivity (Wildman–Crippen MR) is 105 cm³/mol. The summed E-state index contributed by atoms with van der Waals surface area (Å²) < 4.78 is 55.3. The van der Waals surface area contributed by atoms with Gasteiger partial charge >= 0.3 is 12.1 Å². The smallest absolute Gasteiger partial charge is 0.416 e. The van der Waals surface area contributed by atoms with Gasteiger partial charge in [0.2, 0.25) is 0 Å². The number of carbonyl (C=O) groups is 1. The lowest BCUT2D eigenvalue weighted by atomic mass is 10.0. The number of esters is 1. The molecule has 1 N–H and O–H groups in total. The van der Waals surface area contributed by atoms with Crippen LogP contribution in [0.25, 0.3) is 0 Å². The Morgan fingerprint density at radius 3 is 2.56 bits per heavy atom. The first-order valence-electron chi connectivity index (χ1n) is 9.41. The minimum absolute atomic E-state index is 0.124. The van der Waals surface area contributed by atoms with Gasteiger partial charge in [0.05, 0.1) is 48.0 Å². The van der Waals surface area contributed by atoms with E-state index in [0.29, 0.717) is 11.4 Å². The molecule has 0 unspecified atom stereocenters. The molecule has 32 heavy (non-hydrogen) atoms. The fourth-order valence-electron chi connectivity index (χ4n) is 3.13. The summed E-state index contributed by atoms with van der Waals surface area (Å²) in [6.45, 7) is 3.22. The fraction of sp³-hybridized carbons (Fsp3) is 0.333. The summed E-state index contributed by atoms with van der Waals surface area (Å²) in [5.74, 6) is -0.0190. The zero-order chi connectivity index (χ0) is 23.5. The van der Waals surface area contributed by atoms with Gasteiger partial charge in [0.1, 0.15) is 24.2 Å². The molecule has 1 aliphatic heterocycles. The number of carbonyl (C=O) groups excluding carboxylic acids is 1. The van der Waals surface area contributed by atoms with Crippen LogP contribution in [0.4, 0.5) is 19.0 Å². The van der Waals surface area contributed by atoms with E-state index >= 15 is 0 Å². The van der Waals surface area contributed by atoms with Gasteiger partial charge in [0.25, 0.3) is 6.29 Å². The number of hydrogen-bond donors (Lipinski definition) is 1. The summed E-state index contributed by atoms with van der Waals surface area (Å²) >= 11 is 0. The molecule has 0 bridgehead atoms. The highest BCUT2D eigenvalue weighted by atomic mass is 19.4. The maximum Gasteiger partial charge on any atom is 0.416 e. The number of aromatic nitrogens is 2. The van der Waals surface area contributed by atoms with Crippen LogP contribution in [-0.2, 0) is 31.6 Å². The number of methoxy groups -OCH3 is 1. The SMILES string of the molecule is COC(=O)Cc1nc(C)nc(N[C@H](C)c2cc(C#N)cc(C(F)(F)F)c2)c1C1OC=CO1. The molecule has 1 aliphatic rings. The third-order valence-corrected chi connectivity index (χ3v) is 4.64. The molecule has 0 saturated carbocycles. The number of alkyl halides is 3. The molecule has 1 aromatic heterocycles. The van der Waals surface area contributed by atoms with E-state index in [1.54, 1.807) is 19.9 Å². The number of nitriles is 1. The van der Waals surface area contributed by atoms with Crippen molar-refractivity contribution in [3.05, 3.63) is 64.5 Å². The maximum atomic E-state index is 13.3. The minimum atomic E-state index is -4.61. The van der Waals surface area contributed by atoms with Crippen LogP contribution in [0.3, 0.4) is 0 Å². The Balaban J connectivity index is 2.03. The molecule has 8 nitrogen and oxygen atoms in total. The van der Waals surface area contributed by atoms with Crippen molar-refractivity contribution in [2.45, 2.75) is 38.8 Å². The minimum Gasteiger partial charge on any atom is -0.469 e. The average Bonchev–Trinajstić information content (AvgIpc) is 3.26. The topological polar surface area (TPSA) is 106 Å². The zero-order valence-electron chi connectivity index (χ0n) is 17.4. The summed E-state index contributed by atoms with van der Waals surface area (Å²) in [5.41, 5.74) is -0.239. The molecule has 1 atom stereocenters. The molecule has 0 fully saturated rings. The van der Waals surface area contributed by atoms with Crippen LogP contribution in [0.2, 0.25) is 0 Å². The Bertz CT molecular complexity index is 1090. The second kappa shape index (κ2) is 9.13. The molecule has 11 heteroatoms. The van der Waals surface area contributed by atoms with Crippen molar-refractivity contribution in [3.8, 4) is 6.07 Å². The van der Waals surface area contributed by atoms with Crippen LogP contribution in [-0.4, -0.2) is 23.0 Å². The molecular weight excluding hydrogens is 429 g/mol. The van der Waals surface area contributed by atoms with Crippen LogP contribution in [0.5, 0.6) is 0 Å². The van der Waals surface area contributed by atoms with Crippen LogP contribution in [0.1, 0.15) is 53.0 Å². The number of nitrogens with zero attached hydrogens (tertiary/aromatic N) is 3. The van der Waals surface area contributed by atoms with Gasteiger partial charge in [-0.15, -0.1) is 0 Å². The number of ether oxygens (including phenoxy) is 3. The molecule has 0 aliphatic carbocycles. The number of hydrogen-bond acceptors (Lipinski definition) is 8. The van der Waals surface area contributed by atoms with Gasteiger partial charge in [-0.1, -0.05) is 0 Å². The fourth-order valence-corrected chi connectivity index (χ4v) is 3.13. The van der Waals surface area contributed by atoms with Gasteiger partial charge < -0.3 is 19.5 Å². The highest BCUT2D eigenvalue weighted by Crippen LogP contribution is 2.35. The molecule has 2 heterocycles. The van der Waals surface area contributed by atoms with E-state index in [4.69, 9.17) is 19.5 Å². The summed E-state index contributed by atoms with van der Waals surface area (Å²) in [5, 5.41) is 12.2. The Morgan fingerprint density at radius 1 is 1.28 bits per heavy atom. The largest absolute Gasteiger partial charge is 0.469 e. The first-order chi connectivity index (χ1) is 15.1. The number of benzene rings is 1. The van der Waals surface area contributed by atoms with Crippen molar-refractivity contribution in [1.82, 2.24) is 9.97 Å². The van der Waals surface area contributed by atoms with Gasteiger partial charge in [0, 0.05) is 0 Å². The highest BCUT2D eigenvalue weighted by Gasteiger charge is 2.32. The lowest BCUT2D eigenvalue weighted by molar-refractivity contribution is -0.140. The number of anilines is 1. The van der Waals surface area contributed by atoms with E-state index in [1.165, 1.54) is 25.7 Å². The molecule has 0 spiro atoms. The Morgan fingerprint density at radius 2 is 1.97 bits per heavy atom. The molecule has 3 rings (SSSR count). The van der Waals surface area contributed by atoms with Crippen LogP contribution < -0.4 is 5.32 Å². The molecule has 0 saturated heterocycles. The average molecular weight is 448 g/mol. The van der Waals surface area contributed by atoms with Crippen molar-refractivity contribution in [2.75, 3.05) is 12.4 Å². The van der Waals surface area contributed by atoms with E-state index < -0.39 is 30.0 Å². The lowest BCUT2D eigenvalue weighted by Crippen LogP contribution is -2.19. The highest BCUT2D eigenvalue weighted by molar-refractivity contribution is 5.73. The number of aryl methyl sites for hydroxylation is 1. The first-order valence-corrected chi connectivity index (χ1v) is 9.41. The second-order valence-electron chi connectivity index (χ2n) is 6.93. The van der Waals surface area contributed by atoms with Crippen LogP contribution in [0.15, 0.2) is 30.7 Å². The normalized spacial score (nSPS) is 14.3. The third-order valence-electron chi connectivity index (χ3n) is 4.64. The number of halogens is 3. The van der Waals surface area contributed by atoms with E-state index in [9.17, 15) is 18.0 Å². The van der Waals surface area contributed by atoms with E-state index in [0.717, 1.165) is 12.1 Å². The maximum absolute atomic E-state index is 13.3. The summed E-state index contributed by atoms with van der Waals surface area (Å²) in [4.78, 5) is 20.5. The summed E-state index contributed by atoms with van der Waals surface area (Å²) in [6, 6.07) is 4.17. The summed E-state index contributed by atoms with van der Waals surface area (Å²) in [6.07, 6.45) is -3.13. The molecule has 0 radical (unpaired) electrons. The van der Waals surface area contributed by atoms with E-state index in [-0.39, 0.29) is 29.1 Å². The molecule has 2 aromatic rings. The Hall–Kier alpha value is -3.81. The van der Waals surface area contributed by atoms with Gasteiger partial charge in [-0.25, -0.2) is 9.97 Å². The van der Waals surface area contributed by atoms with Gasteiger partial charge in [-0.2, -0.15) is 18.4 Å². The van der Waals surface area contributed by atoms with Gasteiger partial charge in [-0.3, -0.25) is 4.79 Å². The molecule has 1 aromatic carbocycles. The van der Waals surface area contributed by atoms with E-state index in [1.807, 2.05) is 0 Å². The van der Waals surface area contributed by atoms with Crippen molar-refractivity contribution >= 4 is 11.8 Å². The standard InChI is InChI=1S/C21H19F3N4O4/c1-11(14-6-13(10-25)7-15(8-14)21(22,23)24)26-19-18(20-31-4-5-32-20)16(9-17(29)30-3)27-12(2)28-19/h4-8,11,20H,9H2,1-3H3,(H,26,27,28)/t11-/m1/s1. The molecular formula is C21H19F3N4O4. The molecule has 0 amide bonds. The van der Waals surface area contributed by atoms with Gasteiger partial charge in [0.15, 0.2) is 0 Å². The van der Waals surface area contributed by atoms with Crippen molar-refractivity contribution in [1.29, 1.82) is 5.26 Å². The van der Waals surface area contributed by atoms with Gasteiger partial charge in [-0.05, 0) is 37.6 Å². The predicted octanol–water partition coefficient (Wildman–Crippen LogP) is 4.08. The quantitative estimate of drug-likeness (QED) is 0.659. The van der Waals surface area contributed by atoms with Crippen LogP contribution >= 0.6 is 0 Å². The molecule has 168 valence electrons. The van der Waals surface area contributed by atoms with Crippen molar-refractivity contribution in [3.63, 3.8) is 0 Å². The van der Waals surface area contributed by atoms with Crippen molar-refractivity contribution < 1.29 is 32.2 Å². The number of nitrogens with one attached hydrogen (secondary N) is 1. The zero-order valence-corrected chi connectivity index (χ0v) is 17.4. The summed E-state index contributed by atoms with van der Waals surface area (Å²) in [7, 11) is 1.24. The Kier molecular flexibility index (Phi) is 6.53. The lowest BCUT2D eigenvalue weighted by Gasteiger charge is -2.22. The van der Waals surface area contributed by atoms with Crippen molar-refractivity contribution in [2.24, 2.45) is 0 Å². The monoisotopic (exact) mass is 448 g/mol. The van der Waals surface area contributed by atoms with E-state index in [2.05, 4.69) is 15.3 Å². The second-order valence-corrected chi connectivity index (χ2v) is 6.93. The number of rotatable bonds is 6. The first kappa shape index (κ1) is 22.9. The third kappa shape index (κ3) is 5.08. The van der Waals surface area contributed by atoms with Crippen LogP contribution in [0, 0.1) is 18.3 Å².